The Balaban J connectivity index is 1.54. The molecular formula is C16H24N4S. The van der Waals surface area contributed by atoms with Gasteiger partial charge in [0.05, 0.1) is 10.7 Å². The van der Waals surface area contributed by atoms with E-state index in [1.807, 2.05) is 6.20 Å². The van der Waals surface area contributed by atoms with Gasteiger partial charge in [0.15, 0.2) is 0 Å². The Bertz CT molecular complexity index is 593. The number of nitrogens with zero attached hydrogens (tertiary/aromatic N) is 3. The fourth-order valence-electron chi connectivity index (χ4n) is 2.81. The Morgan fingerprint density at radius 1 is 1.43 bits per heavy atom. The normalized spacial score (nSPS) is 18.7. The zero-order chi connectivity index (χ0) is 14.9. The van der Waals surface area contributed by atoms with Crippen LogP contribution in [0.15, 0.2) is 17.8 Å². The van der Waals surface area contributed by atoms with Gasteiger partial charge >= 0.3 is 0 Å². The minimum absolute atomic E-state index is 0.150. The first-order chi connectivity index (χ1) is 10.0. The molecule has 3 rings (SSSR count). The van der Waals surface area contributed by atoms with E-state index in [1.54, 1.807) is 11.3 Å². The third-order valence-corrected chi connectivity index (χ3v) is 5.27. The maximum Gasteiger partial charge on any atom is 0.113 e. The first-order valence-corrected chi connectivity index (χ1v) is 8.58. The summed E-state index contributed by atoms with van der Waals surface area (Å²) in [5.41, 5.74) is 1.31. The van der Waals surface area contributed by atoms with E-state index in [4.69, 9.17) is 4.98 Å². The summed E-state index contributed by atoms with van der Waals surface area (Å²) in [4.78, 5) is 9.24. The van der Waals surface area contributed by atoms with Crippen LogP contribution in [0.5, 0.6) is 0 Å². The average Bonchev–Trinajstić information content (AvgIpc) is 3.06. The monoisotopic (exact) mass is 304 g/mol. The van der Waals surface area contributed by atoms with E-state index in [9.17, 15) is 0 Å². The molecular weight excluding hydrogens is 280 g/mol. The third kappa shape index (κ3) is 3.35. The predicted molar refractivity (Wildman–Crippen MR) is 86.7 cm³/mol. The van der Waals surface area contributed by atoms with E-state index >= 15 is 0 Å². The number of aromatic nitrogens is 3. The van der Waals surface area contributed by atoms with Crippen molar-refractivity contribution in [1.29, 1.82) is 0 Å². The topological polar surface area (TPSA) is 42.7 Å². The van der Waals surface area contributed by atoms with Crippen LogP contribution in [-0.4, -0.2) is 21.1 Å². The highest BCUT2D eigenvalue weighted by atomic mass is 32.1. The molecule has 21 heavy (non-hydrogen) atoms. The largest absolute Gasteiger partial charge is 0.335 e. The molecule has 0 aromatic carbocycles. The van der Waals surface area contributed by atoms with Crippen LogP contribution >= 0.6 is 11.3 Å². The van der Waals surface area contributed by atoms with Gasteiger partial charge in [-0.25, -0.2) is 9.97 Å². The summed E-state index contributed by atoms with van der Waals surface area (Å²) in [6.45, 7) is 9.59. The fraction of sp³-hybridized carbons (Fsp3) is 0.625. The van der Waals surface area contributed by atoms with Crippen LogP contribution < -0.4 is 5.32 Å². The number of imidazole rings is 1. The highest BCUT2D eigenvalue weighted by Crippen LogP contribution is 2.26. The lowest BCUT2D eigenvalue weighted by molar-refractivity contribution is 0.422. The number of thiazole rings is 1. The zero-order valence-corrected chi connectivity index (χ0v) is 13.9. The SMILES string of the molecule is CC(C)(C)c1nc(CNC[C@H]2CCCn3ccnc32)cs1. The lowest BCUT2D eigenvalue weighted by Gasteiger charge is -2.23. The molecule has 3 heterocycles. The Morgan fingerprint density at radius 2 is 2.29 bits per heavy atom. The van der Waals surface area contributed by atoms with Crippen molar-refractivity contribution in [2.24, 2.45) is 0 Å². The van der Waals surface area contributed by atoms with Crippen molar-refractivity contribution in [2.75, 3.05) is 6.54 Å². The number of rotatable bonds is 4. The highest BCUT2D eigenvalue weighted by Gasteiger charge is 2.21. The molecule has 0 fully saturated rings. The van der Waals surface area contributed by atoms with Crippen molar-refractivity contribution in [3.05, 3.63) is 34.3 Å². The van der Waals surface area contributed by atoms with Crippen LogP contribution in [0.2, 0.25) is 0 Å². The van der Waals surface area contributed by atoms with Crippen LogP contribution in [0.4, 0.5) is 0 Å². The second-order valence-electron chi connectivity index (χ2n) is 6.84. The Kier molecular flexibility index (Phi) is 4.13. The van der Waals surface area contributed by atoms with Crippen molar-refractivity contribution < 1.29 is 0 Å². The second kappa shape index (κ2) is 5.89. The number of hydrogen-bond acceptors (Lipinski definition) is 4. The molecule has 1 aliphatic heterocycles. The van der Waals surface area contributed by atoms with Crippen molar-refractivity contribution in [3.63, 3.8) is 0 Å². The van der Waals surface area contributed by atoms with Gasteiger partial charge < -0.3 is 9.88 Å². The van der Waals surface area contributed by atoms with Gasteiger partial charge in [-0.2, -0.15) is 0 Å². The van der Waals surface area contributed by atoms with E-state index in [1.165, 1.54) is 23.7 Å². The molecule has 0 saturated heterocycles. The van der Waals surface area contributed by atoms with Crippen molar-refractivity contribution in [2.45, 2.75) is 58.0 Å². The van der Waals surface area contributed by atoms with E-state index in [-0.39, 0.29) is 5.41 Å². The van der Waals surface area contributed by atoms with Crippen LogP contribution in [-0.2, 0) is 18.5 Å². The Labute approximate surface area is 130 Å². The Hall–Kier alpha value is -1.20. The van der Waals surface area contributed by atoms with Gasteiger partial charge in [-0.1, -0.05) is 20.8 Å². The smallest absolute Gasteiger partial charge is 0.113 e. The van der Waals surface area contributed by atoms with Gasteiger partial charge in [0.1, 0.15) is 5.82 Å². The minimum atomic E-state index is 0.150. The lowest BCUT2D eigenvalue weighted by atomic mass is 9.98. The number of nitrogens with one attached hydrogen (secondary N) is 1. The van der Waals surface area contributed by atoms with Gasteiger partial charge in [-0.05, 0) is 12.8 Å². The predicted octanol–water partition coefficient (Wildman–Crippen LogP) is 3.30. The standard InChI is InChI=1S/C16H24N4S/c1-16(2,3)15-19-13(11-21-15)10-17-9-12-5-4-7-20-8-6-18-14(12)20/h6,8,11-12,17H,4-5,7,9-10H2,1-3H3/t12-/m1/s1. The fourth-order valence-corrected chi connectivity index (χ4v) is 3.71. The molecule has 0 aliphatic carbocycles. The summed E-state index contributed by atoms with van der Waals surface area (Å²) in [5, 5.41) is 6.95. The molecule has 114 valence electrons. The first-order valence-electron chi connectivity index (χ1n) is 7.70. The third-order valence-electron chi connectivity index (χ3n) is 3.95. The van der Waals surface area contributed by atoms with Crippen LogP contribution in [0.25, 0.3) is 0 Å². The molecule has 0 saturated carbocycles. The molecule has 1 N–H and O–H groups in total. The molecule has 2 aromatic rings. The van der Waals surface area contributed by atoms with Gasteiger partial charge in [0.2, 0.25) is 0 Å². The summed E-state index contributed by atoms with van der Waals surface area (Å²) in [7, 11) is 0. The van der Waals surface area contributed by atoms with Crippen LogP contribution in [0.1, 0.15) is 56.1 Å². The van der Waals surface area contributed by atoms with Gasteiger partial charge in [-0.3, -0.25) is 0 Å². The maximum absolute atomic E-state index is 4.73. The summed E-state index contributed by atoms with van der Waals surface area (Å²) in [5.74, 6) is 1.77. The van der Waals surface area contributed by atoms with Crippen molar-refractivity contribution >= 4 is 11.3 Å². The van der Waals surface area contributed by atoms with Crippen molar-refractivity contribution in [1.82, 2.24) is 19.9 Å². The Morgan fingerprint density at radius 3 is 3.05 bits per heavy atom. The lowest BCUT2D eigenvalue weighted by Crippen LogP contribution is -2.26. The molecule has 2 aromatic heterocycles. The average molecular weight is 304 g/mol. The molecule has 0 amide bonds. The molecule has 0 bridgehead atoms. The molecule has 4 nitrogen and oxygen atoms in total. The van der Waals surface area contributed by atoms with Crippen LogP contribution in [0, 0.1) is 0 Å². The summed E-state index contributed by atoms with van der Waals surface area (Å²) in [6.07, 6.45) is 6.50. The minimum Gasteiger partial charge on any atom is -0.335 e. The van der Waals surface area contributed by atoms with Crippen molar-refractivity contribution in [3.8, 4) is 0 Å². The van der Waals surface area contributed by atoms with E-state index in [0.717, 1.165) is 25.3 Å². The van der Waals surface area contributed by atoms with E-state index in [2.05, 4.69) is 47.2 Å². The number of fused-ring (bicyclic) bond motifs is 1. The maximum atomic E-state index is 4.73. The molecule has 0 unspecified atom stereocenters. The first kappa shape index (κ1) is 14.7. The zero-order valence-electron chi connectivity index (χ0n) is 13.1. The molecule has 1 aliphatic rings. The molecule has 0 spiro atoms. The molecule has 5 heteroatoms. The quantitative estimate of drug-likeness (QED) is 0.942. The summed E-state index contributed by atoms with van der Waals surface area (Å²) in [6, 6.07) is 0. The van der Waals surface area contributed by atoms with Gasteiger partial charge in [0, 0.05) is 48.7 Å². The summed E-state index contributed by atoms with van der Waals surface area (Å²) >= 11 is 1.76. The summed E-state index contributed by atoms with van der Waals surface area (Å²) < 4.78 is 2.29. The second-order valence-corrected chi connectivity index (χ2v) is 7.70. The molecule has 0 radical (unpaired) electrons. The number of hydrogen-bond donors (Lipinski definition) is 1. The number of aryl methyl sites for hydroxylation is 1. The van der Waals surface area contributed by atoms with Gasteiger partial charge in [-0.15, -0.1) is 11.3 Å². The highest BCUT2D eigenvalue weighted by molar-refractivity contribution is 7.09. The molecule has 1 atom stereocenters. The van der Waals surface area contributed by atoms with Gasteiger partial charge in [0.25, 0.3) is 0 Å². The van der Waals surface area contributed by atoms with E-state index < -0.39 is 0 Å². The van der Waals surface area contributed by atoms with E-state index in [0.29, 0.717) is 5.92 Å². The van der Waals surface area contributed by atoms with Crippen LogP contribution in [0.3, 0.4) is 0 Å².